The number of hydrogen-bond acceptors (Lipinski definition) is 5. The summed E-state index contributed by atoms with van der Waals surface area (Å²) in [6, 6.07) is -0.793. The van der Waals surface area contributed by atoms with Gasteiger partial charge in [-0.25, -0.2) is 5.43 Å². The number of hydrazone groups is 1. The number of carbonyl (C=O) groups excluding carboxylic acids is 3. The number of nitrogens with zero attached hydrogens (tertiary/aromatic N) is 2. The third-order valence-corrected chi connectivity index (χ3v) is 5.83. The largest absolute Gasteiger partial charge is 0.352 e. The SMILES string of the molecule is CC(C)C[C@H](NC(=O)C1CCCCC1)C(=O)C(=O)N/N=C1\SCCN1C. The third kappa shape index (κ3) is 6.00. The van der Waals surface area contributed by atoms with E-state index in [1.165, 1.54) is 11.8 Å². The number of carbonyl (C=O) groups is 3. The van der Waals surface area contributed by atoms with Gasteiger partial charge in [0.1, 0.15) is 0 Å². The first-order valence-corrected chi connectivity index (χ1v) is 10.4. The minimum Gasteiger partial charge on any atom is -0.352 e. The summed E-state index contributed by atoms with van der Waals surface area (Å²) >= 11 is 1.53. The fourth-order valence-corrected chi connectivity index (χ4v) is 4.24. The summed E-state index contributed by atoms with van der Waals surface area (Å²) in [7, 11) is 1.89. The summed E-state index contributed by atoms with van der Waals surface area (Å²) in [5, 5.41) is 7.54. The lowest BCUT2D eigenvalue weighted by molar-refractivity contribution is -0.140. The maximum atomic E-state index is 12.6. The van der Waals surface area contributed by atoms with Gasteiger partial charge in [-0.05, 0) is 25.2 Å². The van der Waals surface area contributed by atoms with Crippen LogP contribution in [0.25, 0.3) is 0 Å². The van der Waals surface area contributed by atoms with E-state index in [9.17, 15) is 14.4 Å². The Hall–Kier alpha value is -1.57. The maximum Gasteiger partial charge on any atom is 0.309 e. The van der Waals surface area contributed by atoms with Crippen LogP contribution in [0.3, 0.4) is 0 Å². The Morgan fingerprint density at radius 3 is 2.50 bits per heavy atom. The molecule has 1 aliphatic carbocycles. The van der Waals surface area contributed by atoms with Crippen molar-refractivity contribution in [1.82, 2.24) is 15.6 Å². The predicted octanol–water partition coefficient (Wildman–Crippen LogP) is 1.73. The van der Waals surface area contributed by atoms with Crippen molar-refractivity contribution in [1.29, 1.82) is 0 Å². The number of nitrogens with one attached hydrogen (secondary N) is 2. The van der Waals surface area contributed by atoms with Crippen LogP contribution in [-0.4, -0.2) is 53.1 Å². The Kier molecular flexibility index (Phi) is 7.93. The molecule has 8 heteroatoms. The van der Waals surface area contributed by atoms with Gasteiger partial charge in [0.15, 0.2) is 5.17 Å². The van der Waals surface area contributed by atoms with Crippen molar-refractivity contribution in [3.8, 4) is 0 Å². The van der Waals surface area contributed by atoms with Crippen molar-refractivity contribution >= 4 is 34.5 Å². The quantitative estimate of drug-likeness (QED) is 0.517. The molecule has 0 bridgehead atoms. The molecular weight excluding hydrogens is 352 g/mol. The molecule has 26 heavy (non-hydrogen) atoms. The van der Waals surface area contributed by atoms with Gasteiger partial charge in [-0.3, -0.25) is 14.4 Å². The summed E-state index contributed by atoms with van der Waals surface area (Å²) in [5.74, 6) is -0.448. The Morgan fingerprint density at radius 1 is 1.23 bits per heavy atom. The second kappa shape index (κ2) is 9.94. The number of thioether (sulfide) groups is 1. The van der Waals surface area contributed by atoms with E-state index in [-0.39, 0.29) is 17.7 Å². The molecule has 1 saturated carbocycles. The van der Waals surface area contributed by atoms with Gasteiger partial charge in [-0.1, -0.05) is 44.9 Å². The van der Waals surface area contributed by atoms with Gasteiger partial charge in [-0.2, -0.15) is 0 Å². The van der Waals surface area contributed by atoms with Crippen molar-refractivity contribution < 1.29 is 14.4 Å². The van der Waals surface area contributed by atoms with E-state index in [1.807, 2.05) is 25.8 Å². The topological polar surface area (TPSA) is 90.9 Å². The Labute approximate surface area is 159 Å². The van der Waals surface area contributed by atoms with Crippen molar-refractivity contribution in [2.75, 3.05) is 19.3 Å². The Morgan fingerprint density at radius 2 is 1.92 bits per heavy atom. The summed E-state index contributed by atoms with van der Waals surface area (Å²) in [6.07, 6.45) is 5.41. The second-order valence-corrected chi connectivity index (χ2v) is 8.56. The zero-order valence-electron chi connectivity index (χ0n) is 15.9. The number of rotatable bonds is 7. The van der Waals surface area contributed by atoms with E-state index in [2.05, 4.69) is 15.8 Å². The molecule has 2 fully saturated rings. The summed E-state index contributed by atoms with van der Waals surface area (Å²) < 4.78 is 0. The predicted molar refractivity (Wildman–Crippen MR) is 104 cm³/mol. The highest BCUT2D eigenvalue weighted by Gasteiger charge is 2.30. The first-order valence-electron chi connectivity index (χ1n) is 9.44. The van der Waals surface area contributed by atoms with Crippen molar-refractivity contribution in [2.24, 2.45) is 16.9 Å². The number of hydrogen-bond donors (Lipinski definition) is 2. The van der Waals surface area contributed by atoms with E-state index in [0.29, 0.717) is 11.6 Å². The zero-order valence-corrected chi connectivity index (χ0v) is 16.7. The molecule has 0 spiro atoms. The molecule has 1 saturated heterocycles. The fraction of sp³-hybridized carbons (Fsp3) is 0.778. The van der Waals surface area contributed by atoms with Crippen LogP contribution >= 0.6 is 11.8 Å². The Bertz CT molecular complexity index is 559. The molecular formula is C18H30N4O3S. The lowest BCUT2D eigenvalue weighted by atomic mass is 9.88. The van der Waals surface area contributed by atoms with E-state index in [1.54, 1.807) is 0 Å². The molecule has 0 aromatic rings. The highest BCUT2D eigenvalue weighted by molar-refractivity contribution is 8.14. The average Bonchev–Trinajstić information content (AvgIpc) is 3.03. The van der Waals surface area contributed by atoms with Crippen LogP contribution in [0.4, 0.5) is 0 Å². The van der Waals surface area contributed by atoms with Crippen molar-refractivity contribution in [2.45, 2.75) is 58.4 Å². The average molecular weight is 383 g/mol. The van der Waals surface area contributed by atoms with Gasteiger partial charge in [0.2, 0.25) is 11.7 Å². The van der Waals surface area contributed by atoms with Crippen molar-refractivity contribution in [3.05, 3.63) is 0 Å². The fourth-order valence-electron chi connectivity index (χ4n) is 3.27. The second-order valence-electron chi connectivity index (χ2n) is 7.50. The van der Waals surface area contributed by atoms with E-state index >= 15 is 0 Å². The molecule has 146 valence electrons. The highest BCUT2D eigenvalue weighted by atomic mass is 32.2. The highest BCUT2D eigenvalue weighted by Crippen LogP contribution is 2.24. The number of amides is 2. The molecule has 2 rings (SSSR count). The van der Waals surface area contributed by atoms with Crippen LogP contribution in [0.1, 0.15) is 52.4 Å². The minimum atomic E-state index is -0.793. The first kappa shape index (κ1) is 20.7. The van der Waals surface area contributed by atoms with Crippen LogP contribution in [0.15, 0.2) is 5.10 Å². The molecule has 1 heterocycles. The maximum absolute atomic E-state index is 12.6. The monoisotopic (exact) mass is 382 g/mol. The van der Waals surface area contributed by atoms with Crippen LogP contribution in [0.2, 0.25) is 0 Å². The molecule has 1 aliphatic heterocycles. The molecule has 0 radical (unpaired) electrons. The lowest BCUT2D eigenvalue weighted by Gasteiger charge is -2.24. The molecule has 0 aromatic carbocycles. The Balaban J connectivity index is 1.96. The molecule has 0 unspecified atom stereocenters. The first-order chi connectivity index (χ1) is 12.4. The number of ketones is 1. The third-order valence-electron chi connectivity index (χ3n) is 4.78. The molecule has 2 aliphatic rings. The molecule has 2 amide bonds. The van der Waals surface area contributed by atoms with Crippen LogP contribution < -0.4 is 10.7 Å². The summed E-state index contributed by atoms with van der Waals surface area (Å²) in [5.41, 5.74) is 2.35. The summed E-state index contributed by atoms with van der Waals surface area (Å²) in [6.45, 7) is 4.80. The smallest absolute Gasteiger partial charge is 0.309 e. The normalized spacial score (nSPS) is 21.1. The van der Waals surface area contributed by atoms with Gasteiger partial charge < -0.3 is 10.2 Å². The van der Waals surface area contributed by atoms with Crippen LogP contribution in [0, 0.1) is 11.8 Å². The summed E-state index contributed by atoms with van der Waals surface area (Å²) in [4.78, 5) is 39.2. The molecule has 1 atom stereocenters. The standard InChI is InChI=1S/C18H30N4O3S/c1-12(2)11-14(19-16(24)13-7-5-4-6-8-13)15(23)17(25)20-21-18-22(3)9-10-26-18/h12-14H,4-11H2,1-3H3,(H,19,24)(H,20,25)/b21-18-/t14-/m0/s1. The van der Waals surface area contributed by atoms with Crippen LogP contribution in [0.5, 0.6) is 0 Å². The molecule has 0 aromatic heterocycles. The molecule has 7 nitrogen and oxygen atoms in total. The van der Waals surface area contributed by atoms with Crippen LogP contribution in [-0.2, 0) is 14.4 Å². The minimum absolute atomic E-state index is 0.0435. The van der Waals surface area contributed by atoms with Gasteiger partial charge in [0.05, 0.1) is 6.04 Å². The lowest BCUT2D eigenvalue weighted by Crippen LogP contribution is -2.49. The van der Waals surface area contributed by atoms with Crippen molar-refractivity contribution in [3.63, 3.8) is 0 Å². The van der Waals surface area contributed by atoms with E-state index in [4.69, 9.17) is 0 Å². The van der Waals surface area contributed by atoms with Gasteiger partial charge in [0.25, 0.3) is 0 Å². The van der Waals surface area contributed by atoms with Gasteiger partial charge >= 0.3 is 5.91 Å². The zero-order chi connectivity index (χ0) is 19.1. The number of Topliss-reactive ketones (excluding diaryl/α,β-unsaturated/α-hetero) is 1. The molecule has 2 N–H and O–H groups in total. The van der Waals surface area contributed by atoms with E-state index in [0.717, 1.165) is 44.4 Å². The number of amidine groups is 1. The van der Waals surface area contributed by atoms with Gasteiger partial charge in [0, 0.05) is 25.3 Å². The van der Waals surface area contributed by atoms with E-state index < -0.39 is 17.7 Å². The van der Waals surface area contributed by atoms with Gasteiger partial charge in [-0.15, -0.1) is 5.10 Å².